The van der Waals surface area contributed by atoms with Gasteiger partial charge in [-0.3, -0.25) is 0 Å². The largest absolute Gasteiger partial charge is 0.436 e. The maximum absolute atomic E-state index is 13.0. The molecule has 0 fully saturated rings. The number of ether oxygens (including phenoxy) is 1. The number of aromatic amines is 1. The topological polar surface area (TPSA) is 63.7 Å². The van der Waals surface area contributed by atoms with Crippen molar-refractivity contribution in [2.24, 2.45) is 0 Å². The maximum Gasteiger partial charge on any atom is 0.248 e. The van der Waals surface area contributed by atoms with E-state index >= 15 is 0 Å². The average Bonchev–Trinajstić information content (AvgIpc) is 2.82. The van der Waals surface area contributed by atoms with Gasteiger partial charge in [0, 0.05) is 0 Å². The minimum absolute atomic E-state index is 0.338. The van der Waals surface area contributed by atoms with Crippen LogP contribution in [0, 0.1) is 5.82 Å². The Bertz CT molecular complexity index is 715. The standard InChI is InChI=1S/C11H6BrFN4O/c12-7-3-6(13)1-2-8(7)18-11-9-10(15-4-14-9)16-5-17-11/h1-5H,(H,14,15,16,17). The fraction of sp³-hybridized carbons (Fsp3) is 0. The molecule has 3 rings (SSSR count). The fourth-order valence-electron chi connectivity index (χ4n) is 1.48. The Morgan fingerprint density at radius 3 is 2.94 bits per heavy atom. The number of benzene rings is 1. The number of aromatic nitrogens is 4. The molecular formula is C11H6BrFN4O. The number of nitrogens with one attached hydrogen (secondary N) is 1. The van der Waals surface area contributed by atoms with Gasteiger partial charge in [-0.25, -0.2) is 14.4 Å². The molecule has 0 atom stereocenters. The summed E-state index contributed by atoms with van der Waals surface area (Å²) in [7, 11) is 0. The summed E-state index contributed by atoms with van der Waals surface area (Å²) in [5.41, 5.74) is 1.10. The third-order valence-electron chi connectivity index (χ3n) is 2.29. The summed E-state index contributed by atoms with van der Waals surface area (Å²) in [4.78, 5) is 14.9. The van der Waals surface area contributed by atoms with Crippen molar-refractivity contribution in [3.63, 3.8) is 0 Å². The fourth-order valence-corrected chi connectivity index (χ4v) is 1.91. The van der Waals surface area contributed by atoms with Crippen molar-refractivity contribution in [3.8, 4) is 11.6 Å². The first-order chi connectivity index (χ1) is 8.74. The molecular weight excluding hydrogens is 303 g/mol. The van der Waals surface area contributed by atoms with Crippen LogP contribution in [0.4, 0.5) is 4.39 Å². The molecule has 0 aliphatic carbocycles. The second-order valence-corrected chi connectivity index (χ2v) is 4.31. The Morgan fingerprint density at radius 1 is 1.22 bits per heavy atom. The molecule has 0 saturated heterocycles. The summed E-state index contributed by atoms with van der Waals surface area (Å²) in [5, 5.41) is 0. The molecule has 90 valence electrons. The highest BCUT2D eigenvalue weighted by Gasteiger charge is 2.10. The molecule has 5 nitrogen and oxygen atoms in total. The van der Waals surface area contributed by atoms with Crippen LogP contribution in [0.25, 0.3) is 11.2 Å². The van der Waals surface area contributed by atoms with E-state index in [0.29, 0.717) is 27.3 Å². The van der Waals surface area contributed by atoms with E-state index < -0.39 is 0 Å². The van der Waals surface area contributed by atoms with Crippen LogP contribution >= 0.6 is 15.9 Å². The lowest BCUT2D eigenvalue weighted by atomic mass is 10.3. The number of imidazole rings is 1. The number of nitrogens with zero attached hydrogens (tertiary/aromatic N) is 3. The smallest absolute Gasteiger partial charge is 0.248 e. The zero-order chi connectivity index (χ0) is 12.5. The molecule has 1 aromatic carbocycles. The Labute approximate surface area is 109 Å². The normalized spacial score (nSPS) is 10.8. The zero-order valence-electron chi connectivity index (χ0n) is 8.89. The molecule has 2 heterocycles. The molecule has 18 heavy (non-hydrogen) atoms. The van der Waals surface area contributed by atoms with Gasteiger partial charge in [0.15, 0.2) is 5.65 Å². The lowest BCUT2D eigenvalue weighted by Gasteiger charge is -2.06. The van der Waals surface area contributed by atoms with Crippen molar-refractivity contribution >= 4 is 27.1 Å². The summed E-state index contributed by atoms with van der Waals surface area (Å²) >= 11 is 3.23. The second kappa shape index (κ2) is 4.34. The number of hydrogen-bond acceptors (Lipinski definition) is 4. The molecule has 0 radical (unpaired) electrons. The van der Waals surface area contributed by atoms with E-state index in [1.807, 2.05) is 0 Å². The Hall–Kier alpha value is -2.02. The summed E-state index contributed by atoms with van der Waals surface area (Å²) in [6.45, 7) is 0. The van der Waals surface area contributed by atoms with Gasteiger partial charge in [-0.1, -0.05) is 0 Å². The molecule has 7 heteroatoms. The van der Waals surface area contributed by atoms with Crippen molar-refractivity contribution in [3.05, 3.63) is 41.1 Å². The monoisotopic (exact) mass is 308 g/mol. The molecule has 2 aromatic heterocycles. The average molecular weight is 309 g/mol. The van der Waals surface area contributed by atoms with Crippen molar-refractivity contribution in [2.45, 2.75) is 0 Å². The number of fused-ring (bicyclic) bond motifs is 1. The molecule has 1 N–H and O–H groups in total. The molecule has 0 amide bonds. The van der Waals surface area contributed by atoms with Crippen LogP contribution in [0.15, 0.2) is 35.3 Å². The van der Waals surface area contributed by atoms with Gasteiger partial charge in [0.1, 0.15) is 23.4 Å². The van der Waals surface area contributed by atoms with E-state index in [9.17, 15) is 4.39 Å². The first-order valence-electron chi connectivity index (χ1n) is 5.01. The van der Waals surface area contributed by atoms with Crippen LogP contribution in [0.5, 0.6) is 11.6 Å². The SMILES string of the molecule is Fc1ccc(Oc2ncnc3nc[nH]c23)c(Br)c1. The van der Waals surface area contributed by atoms with Gasteiger partial charge in [-0.05, 0) is 34.1 Å². The van der Waals surface area contributed by atoms with Gasteiger partial charge in [-0.15, -0.1) is 0 Å². The second-order valence-electron chi connectivity index (χ2n) is 3.46. The highest BCUT2D eigenvalue weighted by atomic mass is 79.9. The Balaban J connectivity index is 2.03. The lowest BCUT2D eigenvalue weighted by Crippen LogP contribution is -1.92. The minimum Gasteiger partial charge on any atom is -0.436 e. The number of halogens is 2. The number of H-pyrrole nitrogens is 1. The van der Waals surface area contributed by atoms with E-state index in [0.717, 1.165) is 0 Å². The molecule has 0 saturated carbocycles. The zero-order valence-corrected chi connectivity index (χ0v) is 10.5. The molecule has 0 unspecified atom stereocenters. The van der Waals surface area contributed by atoms with E-state index in [2.05, 4.69) is 35.9 Å². The van der Waals surface area contributed by atoms with E-state index in [1.165, 1.54) is 30.9 Å². The molecule has 0 spiro atoms. The first kappa shape index (κ1) is 11.1. The Kier molecular flexibility index (Phi) is 2.67. The minimum atomic E-state index is -0.344. The van der Waals surface area contributed by atoms with Gasteiger partial charge < -0.3 is 9.72 Å². The first-order valence-corrected chi connectivity index (χ1v) is 5.80. The van der Waals surface area contributed by atoms with E-state index in [-0.39, 0.29) is 5.82 Å². The van der Waals surface area contributed by atoms with Gasteiger partial charge >= 0.3 is 0 Å². The Morgan fingerprint density at radius 2 is 2.11 bits per heavy atom. The van der Waals surface area contributed by atoms with Crippen molar-refractivity contribution in [1.82, 2.24) is 19.9 Å². The van der Waals surface area contributed by atoms with Gasteiger partial charge in [0.2, 0.25) is 5.88 Å². The van der Waals surface area contributed by atoms with Crippen molar-refractivity contribution in [2.75, 3.05) is 0 Å². The van der Waals surface area contributed by atoms with Crippen LogP contribution in [-0.4, -0.2) is 19.9 Å². The third-order valence-corrected chi connectivity index (χ3v) is 2.91. The molecule has 0 bridgehead atoms. The summed E-state index contributed by atoms with van der Waals surface area (Å²) in [6, 6.07) is 4.15. The van der Waals surface area contributed by atoms with Gasteiger partial charge in [0.25, 0.3) is 0 Å². The predicted molar refractivity (Wildman–Crippen MR) is 65.9 cm³/mol. The quantitative estimate of drug-likeness (QED) is 0.790. The van der Waals surface area contributed by atoms with Crippen molar-refractivity contribution in [1.29, 1.82) is 0 Å². The lowest BCUT2D eigenvalue weighted by molar-refractivity contribution is 0.462. The van der Waals surface area contributed by atoms with Crippen LogP contribution in [0.2, 0.25) is 0 Å². The van der Waals surface area contributed by atoms with Crippen molar-refractivity contribution < 1.29 is 9.13 Å². The third kappa shape index (κ3) is 1.92. The van der Waals surface area contributed by atoms with Crippen LogP contribution < -0.4 is 4.74 Å². The van der Waals surface area contributed by atoms with E-state index in [1.54, 1.807) is 0 Å². The molecule has 0 aliphatic heterocycles. The predicted octanol–water partition coefficient (Wildman–Crippen LogP) is 3.05. The van der Waals surface area contributed by atoms with E-state index in [4.69, 9.17) is 4.74 Å². The van der Waals surface area contributed by atoms with Crippen LogP contribution in [0.3, 0.4) is 0 Å². The number of rotatable bonds is 2. The summed E-state index contributed by atoms with van der Waals surface area (Å²) in [6.07, 6.45) is 2.86. The van der Waals surface area contributed by atoms with Crippen LogP contribution in [0.1, 0.15) is 0 Å². The highest BCUT2D eigenvalue weighted by Crippen LogP contribution is 2.31. The molecule has 3 aromatic rings. The summed E-state index contributed by atoms with van der Waals surface area (Å²) < 4.78 is 19.1. The van der Waals surface area contributed by atoms with Crippen LogP contribution in [-0.2, 0) is 0 Å². The molecule has 0 aliphatic rings. The van der Waals surface area contributed by atoms with Gasteiger partial charge in [0.05, 0.1) is 10.8 Å². The summed E-state index contributed by atoms with van der Waals surface area (Å²) in [5.74, 6) is 0.458. The maximum atomic E-state index is 13.0. The highest BCUT2D eigenvalue weighted by molar-refractivity contribution is 9.10. The van der Waals surface area contributed by atoms with Gasteiger partial charge in [-0.2, -0.15) is 4.98 Å². The number of hydrogen-bond donors (Lipinski definition) is 1.